The van der Waals surface area contributed by atoms with E-state index in [9.17, 15) is 0 Å². The fraction of sp³-hybridized carbons (Fsp3) is 0.917. The van der Waals surface area contributed by atoms with Gasteiger partial charge in [0.05, 0.1) is 6.54 Å². The van der Waals surface area contributed by atoms with Gasteiger partial charge in [0.1, 0.15) is 0 Å². The maximum atomic E-state index is 5.96. The summed E-state index contributed by atoms with van der Waals surface area (Å²) >= 11 is 0. The van der Waals surface area contributed by atoms with Crippen molar-refractivity contribution in [2.45, 2.75) is 39.7 Å². The average Bonchev–Trinajstić information content (AvgIpc) is 2.75. The lowest BCUT2D eigenvalue weighted by Crippen LogP contribution is -2.39. The van der Waals surface area contributed by atoms with Gasteiger partial charge in [0, 0.05) is 19.1 Å². The summed E-state index contributed by atoms with van der Waals surface area (Å²) < 4.78 is 0. The van der Waals surface area contributed by atoms with E-state index in [-0.39, 0.29) is 24.0 Å². The second-order valence-electron chi connectivity index (χ2n) is 4.30. The number of rotatable bonds is 5. The molecular formula is C12H27IN4. The molecule has 0 aliphatic carbocycles. The third-order valence-corrected chi connectivity index (χ3v) is 3.46. The van der Waals surface area contributed by atoms with E-state index >= 15 is 0 Å². The van der Waals surface area contributed by atoms with Crippen molar-refractivity contribution in [2.75, 3.05) is 32.7 Å². The van der Waals surface area contributed by atoms with Gasteiger partial charge in [-0.2, -0.15) is 0 Å². The fourth-order valence-corrected chi connectivity index (χ4v) is 2.36. The Bertz CT molecular complexity index is 229. The Morgan fingerprint density at radius 2 is 2.00 bits per heavy atom. The van der Waals surface area contributed by atoms with Crippen LogP contribution >= 0.6 is 24.0 Å². The Morgan fingerprint density at radius 3 is 2.53 bits per heavy atom. The minimum Gasteiger partial charge on any atom is -0.370 e. The highest BCUT2D eigenvalue weighted by Crippen LogP contribution is 2.16. The minimum atomic E-state index is 0. The van der Waals surface area contributed by atoms with E-state index in [2.05, 4.69) is 35.6 Å². The van der Waals surface area contributed by atoms with Gasteiger partial charge in [-0.3, -0.25) is 9.89 Å². The highest BCUT2D eigenvalue weighted by molar-refractivity contribution is 14.0. The zero-order valence-corrected chi connectivity index (χ0v) is 13.7. The van der Waals surface area contributed by atoms with Gasteiger partial charge in [-0.15, -0.1) is 24.0 Å². The molecule has 0 bridgehead atoms. The number of likely N-dealkylation sites (N-methyl/N-ethyl adjacent to an activating group) is 1. The van der Waals surface area contributed by atoms with E-state index in [1.54, 1.807) is 0 Å². The zero-order chi connectivity index (χ0) is 12.0. The van der Waals surface area contributed by atoms with E-state index in [4.69, 9.17) is 5.73 Å². The van der Waals surface area contributed by atoms with Gasteiger partial charge in [-0.25, -0.2) is 0 Å². The van der Waals surface area contributed by atoms with Crippen LogP contribution in [0.3, 0.4) is 0 Å². The molecule has 17 heavy (non-hydrogen) atoms. The van der Waals surface area contributed by atoms with Crippen molar-refractivity contribution in [3.63, 3.8) is 0 Å². The van der Waals surface area contributed by atoms with Crippen LogP contribution in [0.2, 0.25) is 0 Å². The molecule has 0 spiro atoms. The summed E-state index contributed by atoms with van der Waals surface area (Å²) in [5.74, 6) is 0.702. The number of aliphatic imine (C=N–C) groups is 1. The number of hydrogen-bond donors (Lipinski definition) is 1. The lowest BCUT2D eigenvalue weighted by Gasteiger charge is -2.23. The first kappa shape index (κ1) is 17.0. The smallest absolute Gasteiger partial charge is 0.191 e. The average molecular weight is 354 g/mol. The molecule has 0 radical (unpaired) electrons. The largest absolute Gasteiger partial charge is 0.370 e. The molecule has 2 N–H and O–H groups in total. The SMILES string of the molecule is CCN(CC)C(N)=NCC1CCCN1CC.I. The Balaban J connectivity index is 0.00000256. The first-order valence-electron chi connectivity index (χ1n) is 6.51. The lowest BCUT2D eigenvalue weighted by atomic mass is 10.2. The standard InChI is InChI=1S/C12H26N4.HI/c1-4-15(5-2)12(13)14-10-11-8-7-9-16(11)6-3;/h11H,4-10H2,1-3H3,(H2,13,14);1H. The molecule has 102 valence electrons. The molecule has 5 heteroatoms. The van der Waals surface area contributed by atoms with Gasteiger partial charge in [0.2, 0.25) is 0 Å². The van der Waals surface area contributed by atoms with Crippen LogP contribution in [-0.4, -0.2) is 54.5 Å². The Labute approximate surface area is 123 Å². The summed E-state index contributed by atoms with van der Waals surface area (Å²) in [6.45, 7) is 11.5. The number of guanidine groups is 1. The van der Waals surface area contributed by atoms with Crippen molar-refractivity contribution in [3.05, 3.63) is 0 Å². The predicted octanol–water partition coefficient (Wildman–Crippen LogP) is 1.75. The van der Waals surface area contributed by atoms with Gasteiger partial charge in [0.25, 0.3) is 0 Å². The fourth-order valence-electron chi connectivity index (χ4n) is 2.36. The van der Waals surface area contributed by atoms with Crippen LogP contribution in [-0.2, 0) is 0 Å². The van der Waals surface area contributed by atoms with Crippen LogP contribution in [0.15, 0.2) is 4.99 Å². The number of nitrogens with two attached hydrogens (primary N) is 1. The maximum absolute atomic E-state index is 5.96. The van der Waals surface area contributed by atoms with Crippen molar-refractivity contribution in [1.82, 2.24) is 9.80 Å². The second kappa shape index (κ2) is 8.97. The van der Waals surface area contributed by atoms with E-state index in [0.29, 0.717) is 12.0 Å². The molecule has 1 aliphatic heterocycles. The normalized spacial score (nSPS) is 21.4. The first-order valence-corrected chi connectivity index (χ1v) is 6.51. The Hall–Kier alpha value is -0.0400. The maximum Gasteiger partial charge on any atom is 0.191 e. The molecule has 1 rings (SSSR count). The van der Waals surface area contributed by atoms with Crippen LogP contribution in [0.4, 0.5) is 0 Å². The van der Waals surface area contributed by atoms with Gasteiger partial charge in [-0.05, 0) is 39.8 Å². The highest BCUT2D eigenvalue weighted by atomic mass is 127. The summed E-state index contributed by atoms with van der Waals surface area (Å²) in [6.07, 6.45) is 2.57. The van der Waals surface area contributed by atoms with Crippen LogP contribution < -0.4 is 5.73 Å². The molecule has 1 atom stereocenters. The second-order valence-corrected chi connectivity index (χ2v) is 4.30. The monoisotopic (exact) mass is 354 g/mol. The molecule has 1 aliphatic rings. The molecule has 4 nitrogen and oxygen atoms in total. The molecular weight excluding hydrogens is 327 g/mol. The third kappa shape index (κ3) is 4.99. The number of halogens is 1. The minimum absolute atomic E-state index is 0. The molecule has 1 fully saturated rings. The molecule has 1 unspecified atom stereocenters. The van der Waals surface area contributed by atoms with Crippen LogP contribution in [0.25, 0.3) is 0 Å². The summed E-state index contributed by atoms with van der Waals surface area (Å²) in [4.78, 5) is 9.13. The lowest BCUT2D eigenvalue weighted by molar-refractivity contribution is 0.272. The van der Waals surface area contributed by atoms with Crippen molar-refractivity contribution in [1.29, 1.82) is 0 Å². The van der Waals surface area contributed by atoms with E-state index < -0.39 is 0 Å². The van der Waals surface area contributed by atoms with Crippen LogP contribution in [0, 0.1) is 0 Å². The molecule has 1 heterocycles. The quantitative estimate of drug-likeness (QED) is 0.465. The molecule has 0 aromatic carbocycles. The zero-order valence-electron chi connectivity index (χ0n) is 11.4. The summed E-state index contributed by atoms with van der Waals surface area (Å²) in [5.41, 5.74) is 5.96. The molecule has 0 aromatic rings. The molecule has 0 amide bonds. The van der Waals surface area contributed by atoms with E-state index in [1.165, 1.54) is 19.4 Å². The van der Waals surface area contributed by atoms with Gasteiger partial charge >= 0.3 is 0 Å². The van der Waals surface area contributed by atoms with Crippen molar-refractivity contribution < 1.29 is 0 Å². The number of likely N-dealkylation sites (tertiary alicyclic amines) is 1. The topological polar surface area (TPSA) is 44.9 Å². The summed E-state index contributed by atoms with van der Waals surface area (Å²) in [6, 6.07) is 0.610. The van der Waals surface area contributed by atoms with Gasteiger partial charge < -0.3 is 10.6 Å². The van der Waals surface area contributed by atoms with Crippen molar-refractivity contribution in [2.24, 2.45) is 10.7 Å². The molecule has 0 saturated carbocycles. The third-order valence-electron chi connectivity index (χ3n) is 3.46. The Morgan fingerprint density at radius 1 is 1.35 bits per heavy atom. The molecule has 1 saturated heterocycles. The Kier molecular flexibility index (Phi) is 8.94. The van der Waals surface area contributed by atoms with Gasteiger partial charge in [-0.1, -0.05) is 6.92 Å². The van der Waals surface area contributed by atoms with Gasteiger partial charge in [0.15, 0.2) is 5.96 Å². The predicted molar refractivity (Wildman–Crippen MR) is 85.1 cm³/mol. The number of nitrogens with zero attached hydrogens (tertiary/aromatic N) is 3. The van der Waals surface area contributed by atoms with Crippen molar-refractivity contribution in [3.8, 4) is 0 Å². The first-order chi connectivity index (χ1) is 7.72. The summed E-state index contributed by atoms with van der Waals surface area (Å²) in [5, 5.41) is 0. The molecule has 0 aromatic heterocycles. The van der Waals surface area contributed by atoms with E-state index in [0.717, 1.165) is 26.2 Å². The van der Waals surface area contributed by atoms with E-state index in [1.807, 2.05) is 0 Å². The highest BCUT2D eigenvalue weighted by Gasteiger charge is 2.22. The van der Waals surface area contributed by atoms with Crippen LogP contribution in [0.5, 0.6) is 0 Å². The number of hydrogen-bond acceptors (Lipinski definition) is 2. The van der Waals surface area contributed by atoms with Crippen LogP contribution in [0.1, 0.15) is 33.6 Å². The van der Waals surface area contributed by atoms with Crippen molar-refractivity contribution >= 4 is 29.9 Å². The summed E-state index contributed by atoms with van der Waals surface area (Å²) in [7, 11) is 0.